The maximum absolute atomic E-state index is 12.8. The van der Waals surface area contributed by atoms with E-state index in [0.717, 1.165) is 24.8 Å². The van der Waals surface area contributed by atoms with Gasteiger partial charge in [-0.2, -0.15) is 0 Å². The van der Waals surface area contributed by atoms with Crippen molar-refractivity contribution in [1.82, 2.24) is 5.32 Å². The molecule has 2 aromatic rings. The molecule has 0 aliphatic carbocycles. The van der Waals surface area contributed by atoms with E-state index >= 15 is 0 Å². The number of nitrogens with one attached hydrogen (secondary N) is 1. The van der Waals surface area contributed by atoms with E-state index in [1.807, 2.05) is 30.3 Å². The van der Waals surface area contributed by atoms with Gasteiger partial charge >= 0.3 is 5.97 Å². The normalized spacial score (nSPS) is 11.6. The topological polar surface area (TPSA) is 98.5 Å². The number of nitro benzene ring substituents is 1. The number of amides is 1. The van der Waals surface area contributed by atoms with Gasteiger partial charge < -0.3 is 10.1 Å². The van der Waals surface area contributed by atoms with Crippen LogP contribution < -0.4 is 10.1 Å². The number of nitrogens with zero attached hydrogens (tertiary/aromatic N) is 1. The van der Waals surface area contributed by atoms with Crippen molar-refractivity contribution in [2.24, 2.45) is 0 Å². The fourth-order valence-corrected chi connectivity index (χ4v) is 3.73. The molecule has 0 spiro atoms. The van der Waals surface area contributed by atoms with Crippen LogP contribution in [0.25, 0.3) is 0 Å². The summed E-state index contributed by atoms with van der Waals surface area (Å²) >= 11 is 0. The highest BCUT2D eigenvalue weighted by atomic mass is 16.6. The molecule has 1 atom stereocenters. The first-order valence-electron chi connectivity index (χ1n) is 12.3. The van der Waals surface area contributed by atoms with Gasteiger partial charge in [0.05, 0.1) is 4.92 Å². The molecule has 0 aliphatic heterocycles. The van der Waals surface area contributed by atoms with Crippen molar-refractivity contribution in [3.8, 4) is 5.75 Å². The lowest BCUT2D eigenvalue weighted by atomic mass is 10.0. The lowest BCUT2D eigenvalue weighted by molar-refractivity contribution is -0.384. The highest BCUT2D eigenvalue weighted by Crippen LogP contribution is 2.18. The van der Waals surface area contributed by atoms with Crippen molar-refractivity contribution in [2.75, 3.05) is 0 Å². The fraction of sp³-hybridized carbons (Fsp3) is 0.481. The van der Waals surface area contributed by atoms with E-state index in [0.29, 0.717) is 12.8 Å². The van der Waals surface area contributed by atoms with Crippen molar-refractivity contribution < 1.29 is 19.2 Å². The van der Waals surface area contributed by atoms with E-state index < -0.39 is 16.9 Å². The summed E-state index contributed by atoms with van der Waals surface area (Å²) in [6.45, 7) is 2.21. The van der Waals surface area contributed by atoms with Gasteiger partial charge in [-0.15, -0.1) is 0 Å². The van der Waals surface area contributed by atoms with E-state index in [1.165, 1.54) is 62.8 Å². The molecule has 1 amide bonds. The average Bonchev–Trinajstić information content (AvgIpc) is 2.83. The molecular formula is C27H36N2O5. The Labute approximate surface area is 202 Å². The number of esters is 1. The van der Waals surface area contributed by atoms with Crippen molar-refractivity contribution >= 4 is 17.6 Å². The molecule has 34 heavy (non-hydrogen) atoms. The molecular weight excluding hydrogens is 432 g/mol. The SMILES string of the molecule is CCCCCCCCCCCC(=O)N[C@H](Cc1ccccc1)C(=O)Oc1ccc([N+](=O)[O-])cc1. The van der Waals surface area contributed by atoms with Crippen LogP contribution in [0, 0.1) is 10.1 Å². The summed E-state index contributed by atoms with van der Waals surface area (Å²) in [5.41, 5.74) is 0.811. The Morgan fingerprint density at radius 3 is 2.06 bits per heavy atom. The third-order valence-corrected chi connectivity index (χ3v) is 5.68. The van der Waals surface area contributed by atoms with E-state index in [1.54, 1.807) is 0 Å². The molecule has 0 fully saturated rings. The number of nitro groups is 1. The fourth-order valence-electron chi connectivity index (χ4n) is 3.73. The zero-order valence-electron chi connectivity index (χ0n) is 20.0. The van der Waals surface area contributed by atoms with Crippen molar-refractivity contribution in [3.05, 3.63) is 70.3 Å². The summed E-state index contributed by atoms with van der Waals surface area (Å²) in [7, 11) is 0. The number of unbranched alkanes of at least 4 members (excludes halogenated alkanes) is 8. The van der Waals surface area contributed by atoms with Gasteiger partial charge in [-0.25, -0.2) is 4.79 Å². The number of ether oxygens (including phenoxy) is 1. The number of carbonyl (C=O) groups is 2. The van der Waals surface area contributed by atoms with Crippen LogP contribution in [-0.2, 0) is 16.0 Å². The van der Waals surface area contributed by atoms with Crippen LogP contribution in [-0.4, -0.2) is 22.8 Å². The van der Waals surface area contributed by atoms with Gasteiger partial charge in [0.25, 0.3) is 5.69 Å². The van der Waals surface area contributed by atoms with Crippen LogP contribution in [0.1, 0.15) is 76.7 Å². The van der Waals surface area contributed by atoms with Gasteiger partial charge in [-0.3, -0.25) is 14.9 Å². The predicted octanol–water partition coefficient (Wildman–Crippen LogP) is 6.15. The largest absolute Gasteiger partial charge is 0.425 e. The van der Waals surface area contributed by atoms with Crippen LogP contribution in [0.2, 0.25) is 0 Å². The third kappa shape index (κ3) is 10.6. The minimum Gasteiger partial charge on any atom is -0.425 e. The van der Waals surface area contributed by atoms with Crippen molar-refractivity contribution in [1.29, 1.82) is 0 Å². The van der Waals surface area contributed by atoms with Gasteiger partial charge in [0.15, 0.2) is 0 Å². The van der Waals surface area contributed by atoms with E-state index in [-0.39, 0.29) is 17.3 Å². The molecule has 0 aromatic heterocycles. The highest BCUT2D eigenvalue weighted by Gasteiger charge is 2.23. The molecule has 0 radical (unpaired) electrons. The molecule has 2 rings (SSSR count). The number of hydrogen-bond donors (Lipinski definition) is 1. The van der Waals surface area contributed by atoms with Crippen LogP contribution >= 0.6 is 0 Å². The molecule has 0 saturated carbocycles. The lowest BCUT2D eigenvalue weighted by Gasteiger charge is -2.18. The molecule has 1 N–H and O–H groups in total. The Morgan fingerprint density at radius 1 is 0.882 bits per heavy atom. The van der Waals surface area contributed by atoms with Gasteiger partial charge in [-0.1, -0.05) is 88.6 Å². The summed E-state index contributed by atoms with van der Waals surface area (Å²) in [5.74, 6) is -0.579. The Bertz CT molecular complexity index is 884. The van der Waals surface area contributed by atoms with E-state index in [9.17, 15) is 19.7 Å². The maximum Gasteiger partial charge on any atom is 0.334 e. The zero-order chi connectivity index (χ0) is 24.6. The molecule has 0 saturated heterocycles. The molecule has 184 valence electrons. The summed E-state index contributed by atoms with van der Waals surface area (Å²) in [4.78, 5) is 35.7. The van der Waals surface area contributed by atoms with Crippen LogP contribution in [0.4, 0.5) is 5.69 Å². The van der Waals surface area contributed by atoms with E-state index in [4.69, 9.17) is 4.74 Å². The molecule has 0 aliphatic rings. The zero-order valence-corrected chi connectivity index (χ0v) is 20.0. The number of non-ortho nitro benzene ring substituents is 1. The molecule has 7 nitrogen and oxygen atoms in total. The second-order valence-electron chi connectivity index (χ2n) is 8.56. The minimum atomic E-state index is -0.844. The standard InChI is InChI=1S/C27H36N2O5/c1-2-3-4-5-6-7-8-9-13-16-26(30)28-25(21-22-14-11-10-12-15-22)27(31)34-24-19-17-23(18-20-24)29(32)33/h10-12,14-15,17-20,25H,2-9,13,16,21H2,1H3,(H,28,30)/t25-/m1/s1. The van der Waals surface area contributed by atoms with Gasteiger partial charge in [0.2, 0.25) is 5.91 Å². The van der Waals surface area contributed by atoms with Crippen molar-refractivity contribution in [3.63, 3.8) is 0 Å². The van der Waals surface area contributed by atoms with Gasteiger partial charge in [0, 0.05) is 25.0 Å². The average molecular weight is 469 g/mol. The van der Waals surface area contributed by atoms with Crippen LogP contribution in [0.5, 0.6) is 5.75 Å². The van der Waals surface area contributed by atoms with Crippen molar-refractivity contribution in [2.45, 2.75) is 83.6 Å². The first-order valence-corrected chi connectivity index (χ1v) is 12.3. The maximum atomic E-state index is 12.8. The second-order valence-corrected chi connectivity index (χ2v) is 8.56. The summed E-state index contributed by atoms with van der Waals surface area (Å²) < 4.78 is 5.41. The Balaban J connectivity index is 1.84. The number of hydrogen-bond acceptors (Lipinski definition) is 5. The van der Waals surface area contributed by atoms with Crippen LogP contribution in [0.15, 0.2) is 54.6 Å². The number of carbonyl (C=O) groups excluding carboxylic acids is 2. The Morgan fingerprint density at radius 2 is 1.47 bits per heavy atom. The summed E-state index contributed by atoms with van der Waals surface area (Å²) in [6, 6.07) is 13.9. The summed E-state index contributed by atoms with van der Waals surface area (Å²) in [5, 5.41) is 13.6. The minimum absolute atomic E-state index is 0.0881. The molecule has 0 heterocycles. The first-order chi connectivity index (χ1) is 16.5. The Hall–Kier alpha value is -3.22. The predicted molar refractivity (Wildman–Crippen MR) is 133 cm³/mol. The van der Waals surface area contributed by atoms with E-state index in [2.05, 4.69) is 12.2 Å². The smallest absolute Gasteiger partial charge is 0.334 e. The van der Waals surface area contributed by atoms with Crippen LogP contribution in [0.3, 0.4) is 0 Å². The Kier molecular flexibility index (Phi) is 12.4. The second kappa shape index (κ2) is 15.6. The van der Waals surface area contributed by atoms with Gasteiger partial charge in [-0.05, 0) is 24.1 Å². The van der Waals surface area contributed by atoms with Gasteiger partial charge in [0.1, 0.15) is 11.8 Å². The lowest BCUT2D eigenvalue weighted by Crippen LogP contribution is -2.44. The molecule has 0 bridgehead atoms. The highest BCUT2D eigenvalue weighted by molar-refractivity contribution is 5.85. The number of rotatable bonds is 16. The first kappa shape index (κ1) is 27.0. The molecule has 7 heteroatoms. The number of benzene rings is 2. The monoisotopic (exact) mass is 468 g/mol. The quantitative estimate of drug-likeness (QED) is 0.105. The summed E-state index contributed by atoms with van der Waals surface area (Å²) in [6.07, 6.45) is 11.2. The molecule has 2 aromatic carbocycles. The third-order valence-electron chi connectivity index (χ3n) is 5.68. The molecule has 0 unspecified atom stereocenters.